The van der Waals surface area contributed by atoms with Crippen molar-refractivity contribution < 1.29 is 8.40 Å². The molecule has 0 unspecified atom stereocenters. The molecule has 4 heavy (non-hydrogen) atoms. The van der Waals surface area contributed by atoms with Crippen LogP contribution in [-0.2, 0) is 0 Å². The smallest absolute Gasteiger partial charge is 0.0957 e. The van der Waals surface area contributed by atoms with Crippen molar-refractivity contribution >= 4 is 32.5 Å². The first-order valence-electron chi connectivity index (χ1n) is 0.338. The Balaban J connectivity index is 0. The SMILES string of the molecule is OBr.OBr. The second-order valence-corrected chi connectivity index (χ2v) is 0. The van der Waals surface area contributed by atoms with Gasteiger partial charge in [0.25, 0.3) is 0 Å². The largest absolute Gasteiger partial charge is 0.324 e. The van der Waals surface area contributed by atoms with Gasteiger partial charge in [0.05, 0.1) is 32.5 Å². The Morgan fingerprint density at radius 3 is 0.750 bits per heavy atom. The van der Waals surface area contributed by atoms with Crippen LogP contribution >= 0.6 is 32.5 Å². The van der Waals surface area contributed by atoms with Gasteiger partial charge in [-0.25, -0.2) is 0 Å². The van der Waals surface area contributed by atoms with E-state index in [1.165, 1.54) is 0 Å². The molecular weight excluding hydrogens is 192 g/mol. The van der Waals surface area contributed by atoms with Crippen molar-refractivity contribution in [3.8, 4) is 0 Å². The summed E-state index contributed by atoms with van der Waals surface area (Å²) in [7, 11) is 0. The highest BCUT2D eigenvalue weighted by atomic mass is 79.9. The molecule has 28 valence electrons. The van der Waals surface area contributed by atoms with Crippen LogP contribution < -0.4 is 0 Å². The summed E-state index contributed by atoms with van der Waals surface area (Å²) < 4.78 is 13.6. The maximum Gasteiger partial charge on any atom is 0.0957 e. The van der Waals surface area contributed by atoms with Crippen LogP contribution in [0.2, 0.25) is 0 Å². The van der Waals surface area contributed by atoms with E-state index in [0.717, 1.165) is 0 Å². The molecule has 0 rings (SSSR count). The van der Waals surface area contributed by atoms with Crippen molar-refractivity contribution in [2.45, 2.75) is 0 Å². The fourth-order valence-corrected chi connectivity index (χ4v) is 0. The summed E-state index contributed by atoms with van der Waals surface area (Å²) >= 11 is 3.88. The lowest BCUT2D eigenvalue weighted by atomic mass is 16.0. The van der Waals surface area contributed by atoms with Crippen LogP contribution in [0.15, 0.2) is 0 Å². The lowest BCUT2D eigenvalue weighted by Gasteiger charge is -1.14. The first-order chi connectivity index (χ1) is 2.00. The van der Waals surface area contributed by atoms with Crippen LogP contribution in [0.5, 0.6) is 0 Å². The molecule has 0 heterocycles. The summed E-state index contributed by atoms with van der Waals surface area (Å²) in [5.41, 5.74) is 0. The fraction of sp³-hybridized carbons (Fsp3) is 0. The van der Waals surface area contributed by atoms with Gasteiger partial charge in [0.2, 0.25) is 0 Å². The van der Waals surface area contributed by atoms with Gasteiger partial charge in [0.15, 0.2) is 0 Å². The van der Waals surface area contributed by atoms with E-state index in [9.17, 15) is 0 Å². The summed E-state index contributed by atoms with van der Waals surface area (Å²) in [6, 6.07) is 0. The maximum absolute atomic E-state index is 6.81. The van der Waals surface area contributed by atoms with Crippen molar-refractivity contribution in [3.63, 3.8) is 0 Å². The Hall–Kier alpha value is 0.880. The van der Waals surface area contributed by atoms with Crippen molar-refractivity contribution in [1.82, 2.24) is 0 Å². The molecule has 2 N–H and O–H groups in total. The lowest BCUT2D eigenvalue weighted by Crippen LogP contribution is -0.872. The van der Waals surface area contributed by atoms with Gasteiger partial charge in [0.1, 0.15) is 0 Å². The first-order valence-corrected chi connectivity index (χ1v) is 1.76. The Bertz CT molecular complexity index is 4.00. The van der Waals surface area contributed by atoms with Gasteiger partial charge >= 0.3 is 0 Å². The second-order valence-electron chi connectivity index (χ2n) is 0. The summed E-state index contributed by atoms with van der Waals surface area (Å²) in [4.78, 5) is 0. The van der Waals surface area contributed by atoms with Crippen LogP contribution in [0.4, 0.5) is 0 Å². The van der Waals surface area contributed by atoms with E-state index >= 15 is 0 Å². The molecule has 0 spiro atoms. The average Bonchev–Trinajstić information content (AvgIpc) is 1.50. The highest BCUT2D eigenvalue weighted by Gasteiger charge is 0.910. The van der Waals surface area contributed by atoms with Crippen molar-refractivity contribution in [3.05, 3.63) is 0 Å². The molecular formula is H2Br2O2. The molecule has 0 fully saturated rings. The predicted octanol–water partition coefficient (Wildman–Crippen LogP) is 0.577. The third-order valence-corrected chi connectivity index (χ3v) is 0. The molecule has 2 nitrogen and oxygen atoms in total. The molecule has 0 saturated heterocycles. The molecule has 0 aromatic rings. The Labute approximate surface area is 41.4 Å². The van der Waals surface area contributed by atoms with Crippen LogP contribution in [-0.4, -0.2) is 8.40 Å². The molecule has 0 aromatic heterocycles. The second kappa shape index (κ2) is 41.6. The molecule has 4 heteroatoms. The molecule has 0 radical (unpaired) electrons. The molecule has 0 aliphatic rings. The van der Waals surface area contributed by atoms with Gasteiger partial charge in [0, 0.05) is 0 Å². The standard InChI is InChI=1S/2BrHO/c2*1-2/h2*2H. The Morgan fingerprint density at radius 1 is 0.750 bits per heavy atom. The van der Waals surface area contributed by atoms with Gasteiger partial charge < -0.3 is 8.40 Å². The molecule has 0 amide bonds. The van der Waals surface area contributed by atoms with E-state index in [2.05, 4.69) is 0 Å². The Morgan fingerprint density at radius 2 is 0.750 bits per heavy atom. The van der Waals surface area contributed by atoms with E-state index in [0.29, 0.717) is 0 Å². The minimum atomic E-state index is 1.94. The van der Waals surface area contributed by atoms with E-state index in [4.69, 9.17) is 8.40 Å². The van der Waals surface area contributed by atoms with E-state index in [-0.39, 0.29) is 0 Å². The fourth-order valence-electron chi connectivity index (χ4n) is 0. The minimum Gasteiger partial charge on any atom is -0.324 e. The summed E-state index contributed by atoms with van der Waals surface area (Å²) in [5.74, 6) is 0. The zero-order valence-electron chi connectivity index (χ0n) is 1.65. The van der Waals surface area contributed by atoms with E-state index in [1.54, 1.807) is 0 Å². The monoisotopic (exact) mass is 192 g/mol. The molecule has 0 aliphatic heterocycles. The van der Waals surface area contributed by atoms with Gasteiger partial charge in [-0.1, -0.05) is 0 Å². The molecule has 0 aliphatic carbocycles. The van der Waals surface area contributed by atoms with Crippen LogP contribution in [0.1, 0.15) is 0 Å². The van der Waals surface area contributed by atoms with Gasteiger partial charge in [-0.05, 0) is 0 Å². The maximum atomic E-state index is 6.81. The zero-order chi connectivity index (χ0) is 4.00. The number of hydrogen-bond acceptors (Lipinski definition) is 2. The zero-order valence-corrected chi connectivity index (χ0v) is 4.82. The summed E-state index contributed by atoms with van der Waals surface area (Å²) in [6.45, 7) is 0. The Kier molecular flexibility index (Phi) is 92.0. The number of halogens is 2. The lowest BCUT2D eigenvalue weighted by molar-refractivity contribution is 0.701. The third-order valence-electron chi connectivity index (χ3n) is 0. The third kappa shape index (κ3) is 13.1. The van der Waals surface area contributed by atoms with Gasteiger partial charge in [-0.2, -0.15) is 0 Å². The minimum absolute atomic E-state index is 1.94. The van der Waals surface area contributed by atoms with Crippen molar-refractivity contribution in [2.75, 3.05) is 0 Å². The molecule has 0 aromatic carbocycles. The highest BCUT2D eigenvalue weighted by Crippen LogP contribution is 1.43. The van der Waals surface area contributed by atoms with Gasteiger partial charge in [-0.15, -0.1) is 0 Å². The van der Waals surface area contributed by atoms with E-state index < -0.39 is 0 Å². The molecule has 0 bridgehead atoms. The highest BCUT2D eigenvalue weighted by molar-refractivity contribution is 9.05. The topological polar surface area (TPSA) is 40.5 Å². The van der Waals surface area contributed by atoms with Crippen molar-refractivity contribution in [1.29, 1.82) is 0 Å². The van der Waals surface area contributed by atoms with Crippen molar-refractivity contribution in [2.24, 2.45) is 0 Å². The molecule has 0 saturated carbocycles. The molecule has 0 atom stereocenters. The number of hydrogen-bond donors (Lipinski definition) is 2. The normalized spacial score (nSPS) is 3.00. The van der Waals surface area contributed by atoms with Crippen LogP contribution in [0.3, 0.4) is 0 Å². The average molecular weight is 194 g/mol. The number of rotatable bonds is 0. The first kappa shape index (κ1) is 8.86. The summed E-state index contributed by atoms with van der Waals surface area (Å²) in [6.07, 6.45) is 0. The van der Waals surface area contributed by atoms with Gasteiger partial charge in [-0.3, -0.25) is 0 Å². The van der Waals surface area contributed by atoms with Crippen LogP contribution in [0, 0.1) is 0 Å². The predicted molar refractivity (Wildman–Crippen MR) is 22.3 cm³/mol. The van der Waals surface area contributed by atoms with Crippen LogP contribution in [0.25, 0.3) is 0 Å². The quantitative estimate of drug-likeness (QED) is 0.591. The summed E-state index contributed by atoms with van der Waals surface area (Å²) in [5, 5.41) is 0. The van der Waals surface area contributed by atoms with E-state index in [1.807, 2.05) is 32.5 Å².